The zero-order valence-electron chi connectivity index (χ0n) is 12.2. The predicted octanol–water partition coefficient (Wildman–Crippen LogP) is 2.64. The Labute approximate surface area is 124 Å². The normalized spacial score (nSPS) is 25.9. The molecular formula is C17H20O4. The van der Waals surface area contributed by atoms with Gasteiger partial charge in [-0.25, -0.2) is 0 Å². The van der Waals surface area contributed by atoms with Crippen LogP contribution < -0.4 is 4.74 Å². The maximum absolute atomic E-state index is 11.2. The molecule has 1 aliphatic heterocycles. The van der Waals surface area contributed by atoms with E-state index in [1.54, 1.807) is 0 Å². The van der Waals surface area contributed by atoms with E-state index >= 15 is 0 Å². The second kappa shape index (κ2) is 5.88. The van der Waals surface area contributed by atoms with Gasteiger partial charge in [0, 0.05) is 23.8 Å². The largest absolute Gasteiger partial charge is 0.489 e. The number of rotatable bonds is 5. The highest BCUT2D eigenvalue weighted by atomic mass is 16.5. The lowest BCUT2D eigenvalue weighted by Crippen LogP contribution is -2.16. The van der Waals surface area contributed by atoms with E-state index in [4.69, 9.17) is 4.74 Å². The molecule has 1 aromatic rings. The van der Waals surface area contributed by atoms with Gasteiger partial charge in [-0.1, -0.05) is 18.2 Å². The second-order valence-electron chi connectivity index (χ2n) is 5.82. The number of fused-ring (bicyclic) bond motifs is 3. The average molecular weight is 288 g/mol. The van der Waals surface area contributed by atoms with E-state index in [9.17, 15) is 9.59 Å². The molecule has 4 heteroatoms. The summed E-state index contributed by atoms with van der Waals surface area (Å²) >= 11 is 0. The van der Waals surface area contributed by atoms with E-state index in [1.807, 2.05) is 12.1 Å². The van der Waals surface area contributed by atoms with Gasteiger partial charge in [-0.2, -0.15) is 0 Å². The lowest BCUT2D eigenvalue weighted by atomic mass is 9.88. The maximum Gasteiger partial charge on any atom is 0.305 e. The number of esters is 1. The minimum atomic E-state index is -0.179. The van der Waals surface area contributed by atoms with Crippen LogP contribution in [0.15, 0.2) is 18.2 Å². The molecule has 112 valence electrons. The fourth-order valence-electron chi connectivity index (χ4n) is 3.59. The third kappa shape index (κ3) is 2.55. The Balaban J connectivity index is 1.76. The van der Waals surface area contributed by atoms with Crippen LogP contribution in [0.5, 0.6) is 5.75 Å². The minimum absolute atomic E-state index is 0.0848. The molecule has 1 heterocycles. The van der Waals surface area contributed by atoms with Crippen molar-refractivity contribution in [3.05, 3.63) is 29.3 Å². The number of methoxy groups -OCH3 is 1. The van der Waals surface area contributed by atoms with Gasteiger partial charge in [0.25, 0.3) is 0 Å². The fourth-order valence-corrected chi connectivity index (χ4v) is 3.59. The molecule has 0 N–H and O–H groups in total. The Bertz CT molecular complexity index is 552. The van der Waals surface area contributed by atoms with Crippen molar-refractivity contribution in [2.45, 2.75) is 44.1 Å². The number of carbonyl (C=O) groups is 2. The summed E-state index contributed by atoms with van der Waals surface area (Å²) < 4.78 is 10.8. The van der Waals surface area contributed by atoms with Crippen molar-refractivity contribution in [1.82, 2.24) is 0 Å². The van der Waals surface area contributed by atoms with E-state index < -0.39 is 0 Å². The third-order valence-electron chi connectivity index (χ3n) is 4.63. The lowest BCUT2D eigenvalue weighted by Gasteiger charge is -2.11. The number of aryl methyl sites for hydroxylation is 1. The standard InChI is InChI=1S/C17H20O4/c1-20-15(19)7-3-5-11-4-2-6-13-16-12(10-18)8-9-14(16)21-17(11)13/h2,4,6,10,12,14,16H,3,5,7-9H2,1H3/t12?,14-,16-/m0/s1. The Morgan fingerprint density at radius 3 is 3.05 bits per heavy atom. The molecule has 0 aromatic heterocycles. The zero-order valence-corrected chi connectivity index (χ0v) is 12.2. The summed E-state index contributed by atoms with van der Waals surface area (Å²) in [6, 6.07) is 6.15. The van der Waals surface area contributed by atoms with Gasteiger partial charge in [0.2, 0.25) is 0 Å². The van der Waals surface area contributed by atoms with Crippen LogP contribution in [-0.4, -0.2) is 25.5 Å². The highest BCUT2D eigenvalue weighted by molar-refractivity contribution is 5.69. The molecule has 0 bridgehead atoms. The van der Waals surface area contributed by atoms with E-state index in [0.29, 0.717) is 6.42 Å². The molecule has 0 amide bonds. The fraction of sp³-hybridized carbons (Fsp3) is 0.529. The average Bonchev–Trinajstić information content (AvgIpc) is 3.06. The summed E-state index contributed by atoms with van der Waals surface area (Å²) in [6.45, 7) is 0. The van der Waals surface area contributed by atoms with Crippen LogP contribution in [0.1, 0.15) is 42.7 Å². The first-order valence-corrected chi connectivity index (χ1v) is 7.55. The van der Waals surface area contributed by atoms with Crippen LogP contribution in [0.4, 0.5) is 0 Å². The van der Waals surface area contributed by atoms with Crippen molar-refractivity contribution < 1.29 is 19.1 Å². The third-order valence-corrected chi connectivity index (χ3v) is 4.63. The summed E-state index contributed by atoms with van der Waals surface area (Å²) in [5, 5.41) is 0. The first-order valence-electron chi connectivity index (χ1n) is 7.55. The molecule has 1 saturated carbocycles. The van der Waals surface area contributed by atoms with Crippen molar-refractivity contribution in [1.29, 1.82) is 0 Å². The first-order chi connectivity index (χ1) is 10.2. The Morgan fingerprint density at radius 2 is 2.29 bits per heavy atom. The zero-order chi connectivity index (χ0) is 14.8. The molecule has 0 spiro atoms. The van der Waals surface area contributed by atoms with Gasteiger partial charge in [-0.15, -0.1) is 0 Å². The summed E-state index contributed by atoms with van der Waals surface area (Å²) in [7, 11) is 1.41. The van der Waals surface area contributed by atoms with Gasteiger partial charge in [0.05, 0.1) is 7.11 Å². The van der Waals surface area contributed by atoms with Gasteiger partial charge in [0.15, 0.2) is 0 Å². The molecule has 0 saturated heterocycles. The monoisotopic (exact) mass is 288 g/mol. The molecule has 1 aromatic carbocycles. The Kier molecular flexibility index (Phi) is 3.95. The van der Waals surface area contributed by atoms with Crippen molar-refractivity contribution in [3.63, 3.8) is 0 Å². The summed E-state index contributed by atoms with van der Waals surface area (Å²) in [4.78, 5) is 22.4. The highest BCUT2D eigenvalue weighted by Crippen LogP contribution is 2.50. The minimum Gasteiger partial charge on any atom is -0.489 e. The van der Waals surface area contributed by atoms with Crippen molar-refractivity contribution in [2.75, 3.05) is 7.11 Å². The van der Waals surface area contributed by atoms with Crippen LogP contribution in [0.25, 0.3) is 0 Å². The number of hydrogen-bond acceptors (Lipinski definition) is 4. The smallest absolute Gasteiger partial charge is 0.305 e. The second-order valence-corrected chi connectivity index (χ2v) is 5.82. The Hall–Kier alpha value is -1.84. The molecule has 0 radical (unpaired) electrons. The topological polar surface area (TPSA) is 52.6 Å². The van der Waals surface area contributed by atoms with Crippen LogP contribution in [0, 0.1) is 5.92 Å². The number of ether oxygens (including phenoxy) is 2. The Morgan fingerprint density at radius 1 is 1.43 bits per heavy atom. The molecule has 1 aliphatic carbocycles. The maximum atomic E-state index is 11.2. The van der Waals surface area contributed by atoms with Gasteiger partial charge in [-0.05, 0) is 31.2 Å². The van der Waals surface area contributed by atoms with E-state index in [2.05, 4.69) is 10.8 Å². The molecule has 1 fully saturated rings. The highest BCUT2D eigenvalue weighted by Gasteiger charge is 2.45. The van der Waals surface area contributed by atoms with Crippen LogP contribution >= 0.6 is 0 Å². The number of hydrogen-bond donors (Lipinski definition) is 0. The molecule has 3 atom stereocenters. The molecule has 3 rings (SSSR count). The molecule has 1 unspecified atom stereocenters. The van der Waals surface area contributed by atoms with Gasteiger partial charge in [0.1, 0.15) is 18.1 Å². The molecule has 4 nitrogen and oxygen atoms in total. The van der Waals surface area contributed by atoms with Gasteiger partial charge >= 0.3 is 5.97 Å². The van der Waals surface area contributed by atoms with Crippen molar-refractivity contribution >= 4 is 12.3 Å². The number of carbonyl (C=O) groups excluding carboxylic acids is 2. The molecule has 2 aliphatic rings. The summed E-state index contributed by atoms with van der Waals surface area (Å²) in [5.41, 5.74) is 2.31. The van der Waals surface area contributed by atoms with Crippen molar-refractivity contribution in [3.8, 4) is 5.75 Å². The van der Waals surface area contributed by atoms with Crippen LogP contribution in [0.3, 0.4) is 0 Å². The SMILES string of the molecule is COC(=O)CCCc1cccc2c1O[C@H]1CCC(C=O)[C@@H]21. The number of aldehydes is 1. The van der Waals surface area contributed by atoms with Crippen molar-refractivity contribution in [2.24, 2.45) is 5.92 Å². The first kappa shape index (κ1) is 14.1. The molecule has 21 heavy (non-hydrogen) atoms. The van der Waals surface area contributed by atoms with Gasteiger partial charge in [-0.3, -0.25) is 4.79 Å². The van der Waals surface area contributed by atoms with Crippen LogP contribution in [-0.2, 0) is 20.7 Å². The van der Waals surface area contributed by atoms with E-state index in [1.165, 1.54) is 12.7 Å². The van der Waals surface area contributed by atoms with Gasteiger partial charge < -0.3 is 14.3 Å². The quantitative estimate of drug-likeness (QED) is 0.617. The van der Waals surface area contributed by atoms with E-state index in [-0.39, 0.29) is 23.9 Å². The lowest BCUT2D eigenvalue weighted by molar-refractivity contribution is -0.140. The predicted molar refractivity (Wildman–Crippen MR) is 77.3 cm³/mol. The molecular weight excluding hydrogens is 268 g/mol. The van der Waals surface area contributed by atoms with Crippen LogP contribution in [0.2, 0.25) is 0 Å². The van der Waals surface area contributed by atoms with E-state index in [0.717, 1.165) is 43.3 Å². The number of benzene rings is 1. The summed E-state index contributed by atoms with van der Waals surface area (Å²) in [6.07, 6.45) is 5.06. The summed E-state index contributed by atoms with van der Waals surface area (Å²) in [5.74, 6) is 1.07. The number of para-hydroxylation sites is 1.